The van der Waals surface area contributed by atoms with E-state index in [2.05, 4.69) is 4.74 Å². The first-order chi connectivity index (χ1) is 6.93. The maximum Gasteiger partial charge on any atom is 0.306 e. The number of carbonyl (C=O) groups is 2. The molecule has 15 heavy (non-hydrogen) atoms. The van der Waals surface area contributed by atoms with Gasteiger partial charge >= 0.3 is 5.97 Å². The monoisotopic (exact) mass is 216 g/mol. The Labute approximate surface area is 90.9 Å². The molecule has 0 bridgehead atoms. The van der Waals surface area contributed by atoms with E-state index in [1.807, 2.05) is 13.8 Å². The number of ether oxygens (including phenoxy) is 2. The molecule has 0 saturated carbocycles. The second-order valence-electron chi connectivity index (χ2n) is 3.88. The Morgan fingerprint density at radius 3 is 2.00 bits per heavy atom. The van der Waals surface area contributed by atoms with Crippen LogP contribution in [0, 0.1) is 11.8 Å². The van der Waals surface area contributed by atoms with Crippen molar-refractivity contribution >= 4 is 11.8 Å². The third kappa shape index (κ3) is 4.42. The Balaban J connectivity index is 4.58. The number of hydrogen-bond acceptors (Lipinski definition) is 4. The third-order valence-electron chi connectivity index (χ3n) is 2.49. The zero-order chi connectivity index (χ0) is 12.0. The largest absolute Gasteiger partial charge is 0.469 e. The fourth-order valence-corrected chi connectivity index (χ4v) is 1.35. The molecule has 0 aliphatic rings. The summed E-state index contributed by atoms with van der Waals surface area (Å²) >= 11 is 0. The van der Waals surface area contributed by atoms with Crippen LogP contribution in [-0.4, -0.2) is 32.1 Å². The number of Topliss-reactive ketones (excluding diaryl/α,β-unsaturated/α-hetero) is 1. The van der Waals surface area contributed by atoms with E-state index in [9.17, 15) is 9.59 Å². The first kappa shape index (κ1) is 14.1. The van der Waals surface area contributed by atoms with Crippen LogP contribution in [0.1, 0.15) is 27.2 Å². The number of esters is 1. The van der Waals surface area contributed by atoms with E-state index >= 15 is 0 Å². The molecule has 0 aromatic carbocycles. The predicted octanol–water partition coefficient (Wildman–Crippen LogP) is 1.43. The van der Waals surface area contributed by atoms with Crippen molar-refractivity contribution in [2.24, 2.45) is 11.8 Å². The molecule has 0 amide bonds. The summed E-state index contributed by atoms with van der Waals surface area (Å²) in [5, 5.41) is 0. The van der Waals surface area contributed by atoms with Crippen molar-refractivity contribution in [3.63, 3.8) is 0 Å². The van der Waals surface area contributed by atoms with Crippen LogP contribution in [0.15, 0.2) is 0 Å². The van der Waals surface area contributed by atoms with Gasteiger partial charge in [-0.15, -0.1) is 0 Å². The summed E-state index contributed by atoms with van der Waals surface area (Å²) in [6.07, 6.45) is -0.179. The second kappa shape index (κ2) is 6.56. The van der Waals surface area contributed by atoms with Crippen LogP contribution in [0.2, 0.25) is 0 Å². The molecule has 88 valence electrons. The SMILES string of the molecule is COC(=O)C[C@@H](C(=O)C(C)C)[C@@H](C)OC. The third-order valence-corrected chi connectivity index (χ3v) is 2.49. The van der Waals surface area contributed by atoms with Gasteiger partial charge in [0.15, 0.2) is 0 Å². The Kier molecular flexibility index (Phi) is 6.17. The van der Waals surface area contributed by atoms with Crippen molar-refractivity contribution in [2.45, 2.75) is 33.3 Å². The molecular formula is C11H20O4. The summed E-state index contributed by atoms with van der Waals surface area (Å²) in [5.41, 5.74) is 0. The summed E-state index contributed by atoms with van der Waals surface area (Å²) in [5.74, 6) is -0.854. The molecule has 0 N–H and O–H groups in total. The Hall–Kier alpha value is -0.900. The van der Waals surface area contributed by atoms with Crippen molar-refractivity contribution in [3.8, 4) is 0 Å². The van der Waals surface area contributed by atoms with Crippen molar-refractivity contribution in [1.29, 1.82) is 0 Å². The molecule has 0 rings (SSSR count). The molecule has 0 aromatic heterocycles. The van der Waals surface area contributed by atoms with Gasteiger partial charge in [-0.1, -0.05) is 13.8 Å². The topological polar surface area (TPSA) is 52.6 Å². The zero-order valence-corrected chi connectivity index (χ0v) is 10.1. The predicted molar refractivity (Wildman–Crippen MR) is 56.4 cm³/mol. The smallest absolute Gasteiger partial charge is 0.306 e. The molecule has 4 heteroatoms. The number of ketones is 1. The van der Waals surface area contributed by atoms with Gasteiger partial charge in [0, 0.05) is 13.0 Å². The molecule has 4 nitrogen and oxygen atoms in total. The quantitative estimate of drug-likeness (QED) is 0.630. The fourth-order valence-electron chi connectivity index (χ4n) is 1.35. The van der Waals surface area contributed by atoms with Crippen molar-refractivity contribution in [3.05, 3.63) is 0 Å². The van der Waals surface area contributed by atoms with E-state index < -0.39 is 5.92 Å². The average molecular weight is 216 g/mol. The highest BCUT2D eigenvalue weighted by Gasteiger charge is 2.29. The van der Waals surface area contributed by atoms with Gasteiger partial charge in [-0.05, 0) is 6.92 Å². The van der Waals surface area contributed by atoms with E-state index in [0.29, 0.717) is 0 Å². The van der Waals surface area contributed by atoms with Crippen LogP contribution in [0.4, 0.5) is 0 Å². The minimum atomic E-state index is -0.414. The fraction of sp³-hybridized carbons (Fsp3) is 0.818. The lowest BCUT2D eigenvalue weighted by Crippen LogP contribution is -2.32. The number of rotatable bonds is 6. The van der Waals surface area contributed by atoms with E-state index in [1.54, 1.807) is 6.92 Å². The van der Waals surface area contributed by atoms with Crippen LogP contribution in [-0.2, 0) is 19.1 Å². The van der Waals surface area contributed by atoms with Crippen LogP contribution < -0.4 is 0 Å². The maximum atomic E-state index is 11.8. The van der Waals surface area contributed by atoms with Gasteiger partial charge in [-0.25, -0.2) is 0 Å². The summed E-state index contributed by atoms with van der Waals surface area (Å²) < 4.78 is 9.66. The lowest BCUT2D eigenvalue weighted by Gasteiger charge is -2.22. The van der Waals surface area contributed by atoms with Crippen LogP contribution >= 0.6 is 0 Å². The van der Waals surface area contributed by atoms with Gasteiger partial charge in [-0.3, -0.25) is 9.59 Å². The molecule has 0 heterocycles. The molecule has 0 radical (unpaired) electrons. The van der Waals surface area contributed by atoms with Gasteiger partial charge in [0.1, 0.15) is 5.78 Å². The molecule has 2 atom stereocenters. The standard InChI is InChI=1S/C11H20O4/c1-7(2)11(13)9(8(3)14-4)6-10(12)15-5/h7-9H,6H2,1-5H3/t8-,9-/m1/s1. The minimum Gasteiger partial charge on any atom is -0.469 e. The van der Waals surface area contributed by atoms with Gasteiger partial charge in [0.05, 0.1) is 25.6 Å². The van der Waals surface area contributed by atoms with Gasteiger partial charge < -0.3 is 9.47 Å². The van der Waals surface area contributed by atoms with Gasteiger partial charge in [0.25, 0.3) is 0 Å². The van der Waals surface area contributed by atoms with E-state index in [0.717, 1.165) is 0 Å². The lowest BCUT2D eigenvalue weighted by molar-refractivity contribution is -0.146. The van der Waals surface area contributed by atoms with Crippen molar-refractivity contribution in [1.82, 2.24) is 0 Å². The summed E-state index contributed by atoms with van der Waals surface area (Å²) in [6.45, 7) is 5.41. The average Bonchev–Trinajstić information content (AvgIpc) is 2.23. The molecule has 0 aromatic rings. The normalized spacial score (nSPS) is 14.8. The maximum absolute atomic E-state index is 11.8. The van der Waals surface area contributed by atoms with Crippen molar-refractivity contribution < 1.29 is 19.1 Å². The number of methoxy groups -OCH3 is 2. The molecule has 0 spiro atoms. The number of hydrogen-bond donors (Lipinski definition) is 0. The highest BCUT2D eigenvalue weighted by molar-refractivity contribution is 5.87. The highest BCUT2D eigenvalue weighted by atomic mass is 16.5. The highest BCUT2D eigenvalue weighted by Crippen LogP contribution is 2.18. The Morgan fingerprint density at radius 2 is 1.67 bits per heavy atom. The second-order valence-corrected chi connectivity index (χ2v) is 3.88. The molecule has 0 aliphatic carbocycles. The lowest BCUT2D eigenvalue weighted by atomic mass is 9.88. The number of carbonyl (C=O) groups excluding carboxylic acids is 2. The minimum absolute atomic E-state index is 0.0368. The molecule has 0 unspecified atom stereocenters. The van der Waals surface area contributed by atoms with Crippen LogP contribution in [0.5, 0.6) is 0 Å². The van der Waals surface area contributed by atoms with Crippen LogP contribution in [0.3, 0.4) is 0 Å². The van der Waals surface area contributed by atoms with Crippen LogP contribution in [0.25, 0.3) is 0 Å². The molecule has 0 saturated heterocycles. The molecule has 0 aliphatic heterocycles. The zero-order valence-electron chi connectivity index (χ0n) is 10.1. The first-order valence-electron chi connectivity index (χ1n) is 5.07. The first-order valence-corrected chi connectivity index (χ1v) is 5.07. The molecule has 0 fully saturated rings. The Morgan fingerprint density at radius 1 is 1.13 bits per heavy atom. The van der Waals surface area contributed by atoms with E-state index in [1.165, 1.54) is 14.2 Å². The summed E-state index contributed by atoms with van der Waals surface area (Å²) in [6, 6.07) is 0. The van der Waals surface area contributed by atoms with Gasteiger partial charge in [0.2, 0.25) is 0 Å². The van der Waals surface area contributed by atoms with E-state index in [4.69, 9.17) is 4.74 Å². The molecular weight excluding hydrogens is 196 g/mol. The Bertz CT molecular complexity index is 223. The summed E-state index contributed by atoms with van der Waals surface area (Å²) in [7, 11) is 2.85. The van der Waals surface area contributed by atoms with E-state index in [-0.39, 0.29) is 30.2 Å². The van der Waals surface area contributed by atoms with Gasteiger partial charge in [-0.2, -0.15) is 0 Å². The van der Waals surface area contributed by atoms with Crippen molar-refractivity contribution in [2.75, 3.05) is 14.2 Å². The summed E-state index contributed by atoms with van der Waals surface area (Å²) in [4.78, 5) is 22.9.